The molecule has 1 N–H and O–H groups in total. The number of halogens is 1. The number of carbonyl (C=O) groups is 1. The van der Waals surface area contributed by atoms with Gasteiger partial charge in [0.2, 0.25) is 5.91 Å². The number of thiophene rings is 1. The number of aryl methyl sites for hydroxylation is 1. The quantitative estimate of drug-likeness (QED) is 0.899. The zero-order chi connectivity index (χ0) is 14.0. The lowest BCUT2D eigenvalue weighted by atomic mass is 10.2. The first kappa shape index (κ1) is 15.0. The van der Waals surface area contributed by atoms with Crippen molar-refractivity contribution in [2.24, 2.45) is 0 Å². The molecular weight excluding hydrogens is 328 g/mol. The Morgan fingerprint density at radius 2 is 2.32 bits per heavy atom. The lowest BCUT2D eigenvalue weighted by Gasteiger charge is -2.21. The average Bonchev–Trinajstić information content (AvgIpc) is 2.92. The molecule has 6 heteroatoms. The van der Waals surface area contributed by atoms with E-state index in [1.807, 2.05) is 24.4 Å². The fourth-order valence-electron chi connectivity index (χ4n) is 2.35. The Kier molecular flexibility index (Phi) is 5.00. The third-order valence-electron chi connectivity index (χ3n) is 3.48. The van der Waals surface area contributed by atoms with Gasteiger partial charge in [0, 0.05) is 34.2 Å². The van der Waals surface area contributed by atoms with Gasteiger partial charge in [-0.3, -0.25) is 4.79 Å². The van der Waals surface area contributed by atoms with Gasteiger partial charge in [-0.1, -0.05) is 0 Å². The van der Waals surface area contributed by atoms with Crippen LogP contribution in [0.4, 0.5) is 0 Å². The minimum atomic E-state index is -0.435. The van der Waals surface area contributed by atoms with Crippen molar-refractivity contribution < 1.29 is 9.90 Å². The van der Waals surface area contributed by atoms with E-state index in [2.05, 4.69) is 22.0 Å². The normalized spacial score (nSPS) is 23.3. The van der Waals surface area contributed by atoms with Crippen molar-refractivity contribution in [2.75, 3.05) is 27.2 Å². The Balaban J connectivity index is 1.84. The summed E-state index contributed by atoms with van der Waals surface area (Å²) in [6, 6.07) is 2.11. The minimum Gasteiger partial charge on any atom is -0.390 e. The molecule has 0 unspecified atom stereocenters. The van der Waals surface area contributed by atoms with Gasteiger partial charge in [-0.15, -0.1) is 11.3 Å². The van der Waals surface area contributed by atoms with E-state index < -0.39 is 6.10 Å². The van der Waals surface area contributed by atoms with Crippen molar-refractivity contribution in [3.05, 3.63) is 20.8 Å². The van der Waals surface area contributed by atoms with E-state index in [0.717, 1.165) is 10.9 Å². The van der Waals surface area contributed by atoms with Crippen LogP contribution < -0.4 is 0 Å². The summed E-state index contributed by atoms with van der Waals surface area (Å²) < 4.78 is 1.07. The maximum absolute atomic E-state index is 12.1. The zero-order valence-corrected chi connectivity index (χ0v) is 13.6. The SMILES string of the molecule is CN(C)[C@H]1CN(C(=O)CCc2cc(Br)cs2)C[C@@H]1O. The third-order valence-corrected chi connectivity index (χ3v) is 5.24. The lowest BCUT2D eigenvalue weighted by molar-refractivity contribution is -0.130. The minimum absolute atomic E-state index is 0.0554. The van der Waals surface area contributed by atoms with Crippen molar-refractivity contribution in [3.8, 4) is 0 Å². The fraction of sp³-hybridized carbons (Fsp3) is 0.615. The van der Waals surface area contributed by atoms with Crippen LogP contribution in [-0.2, 0) is 11.2 Å². The molecule has 106 valence electrons. The summed E-state index contributed by atoms with van der Waals surface area (Å²) in [5.41, 5.74) is 0. The largest absolute Gasteiger partial charge is 0.390 e. The third kappa shape index (κ3) is 3.78. The maximum atomic E-state index is 12.1. The van der Waals surface area contributed by atoms with Gasteiger partial charge in [-0.25, -0.2) is 0 Å². The standard InChI is InChI=1S/C13H19BrN2O2S/c1-15(2)11-6-16(7-12(11)17)13(18)4-3-10-5-9(14)8-19-10/h5,8,11-12,17H,3-4,6-7H2,1-2H3/t11-,12-/m0/s1. The summed E-state index contributed by atoms with van der Waals surface area (Å²) in [7, 11) is 3.87. The van der Waals surface area contributed by atoms with E-state index in [1.165, 1.54) is 4.88 Å². The molecule has 1 saturated heterocycles. The molecule has 2 atom stereocenters. The number of likely N-dealkylation sites (N-methyl/N-ethyl adjacent to an activating group) is 1. The van der Waals surface area contributed by atoms with Crippen LogP contribution in [0.15, 0.2) is 15.9 Å². The van der Waals surface area contributed by atoms with Crippen molar-refractivity contribution >= 4 is 33.2 Å². The number of likely N-dealkylation sites (tertiary alicyclic amines) is 1. The summed E-state index contributed by atoms with van der Waals surface area (Å²) in [5, 5.41) is 12.0. The molecule has 0 spiro atoms. The van der Waals surface area contributed by atoms with Crippen LogP contribution in [-0.4, -0.2) is 60.1 Å². The highest BCUT2D eigenvalue weighted by atomic mass is 79.9. The number of hydrogen-bond acceptors (Lipinski definition) is 4. The zero-order valence-electron chi connectivity index (χ0n) is 11.2. The Morgan fingerprint density at radius 1 is 1.58 bits per heavy atom. The summed E-state index contributed by atoms with van der Waals surface area (Å²) >= 11 is 5.08. The van der Waals surface area contributed by atoms with Crippen LogP contribution >= 0.6 is 27.3 Å². The van der Waals surface area contributed by atoms with E-state index in [1.54, 1.807) is 16.2 Å². The van der Waals surface area contributed by atoms with E-state index in [-0.39, 0.29) is 11.9 Å². The van der Waals surface area contributed by atoms with Crippen LogP contribution in [0.5, 0.6) is 0 Å². The van der Waals surface area contributed by atoms with E-state index in [4.69, 9.17) is 0 Å². The molecule has 1 aliphatic rings. The summed E-state index contributed by atoms with van der Waals surface area (Å²) in [6.07, 6.45) is 0.851. The second kappa shape index (κ2) is 6.35. The number of carbonyl (C=O) groups excluding carboxylic acids is 1. The average molecular weight is 347 g/mol. The monoisotopic (exact) mass is 346 g/mol. The highest BCUT2D eigenvalue weighted by molar-refractivity contribution is 9.10. The Morgan fingerprint density at radius 3 is 2.84 bits per heavy atom. The van der Waals surface area contributed by atoms with E-state index in [0.29, 0.717) is 19.5 Å². The van der Waals surface area contributed by atoms with E-state index >= 15 is 0 Å². The highest BCUT2D eigenvalue weighted by Gasteiger charge is 2.34. The summed E-state index contributed by atoms with van der Waals surface area (Å²) in [6.45, 7) is 1.08. The molecule has 2 heterocycles. The number of aliphatic hydroxyl groups is 1. The van der Waals surface area contributed by atoms with Gasteiger partial charge in [0.05, 0.1) is 12.1 Å². The molecule has 0 aliphatic carbocycles. The van der Waals surface area contributed by atoms with Crippen LogP contribution in [0.1, 0.15) is 11.3 Å². The molecule has 19 heavy (non-hydrogen) atoms. The number of hydrogen-bond donors (Lipinski definition) is 1. The van der Waals surface area contributed by atoms with Crippen molar-refractivity contribution in [1.82, 2.24) is 9.80 Å². The first-order valence-electron chi connectivity index (χ1n) is 6.32. The van der Waals surface area contributed by atoms with Gasteiger partial charge < -0.3 is 14.9 Å². The second-order valence-corrected chi connectivity index (χ2v) is 7.04. The smallest absolute Gasteiger partial charge is 0.223 e. The molecule has 1 aliphatic heterocycles. The van der Waals surface area contributed by atoms with Crippen molar-refractivity contribution in [1.29, 1.82) is 0 Å². The van der Waals surface area contributed by atoms with Gasteiger partial charge in [0.15, 0.2) is 0 Å². The Labute approximate surface area is 126 Å². The van der Waals surface area contributed by atoms with Gasteiger partial charge in [-0.2, -0.15) is 0 Å². The molecule has 1 aromatic rings. The van der Waals surface area contributed by atoms with Gasteiger partial charge in [0.1, 0.15) is 0 Å². The molecule has 1 fully saturated rings. The number of nitrogens with zero attached hydrogens (tertiary/aromatic N) is 2. The molecule has 1 amide bonds. The molecule has 0 aromatic carbocycles. The molecule has 0 radical (unpaired) electrons. The number of aliphatic hydroxyl groups excluding tert-OH is 1. The predicted molar refractivity (Wildman–Crippen MR) is 80.4 cm³/mol. The van der Waals surface area contributed by atoms with E-state index in [9.17, 15) is 9.90 Å². The first-order valence-corrected chi connectivity index (χ1v) is 8.00. The maximum Gasteiger partial charge on any atom is 0.223 e. The van der Waals surface area contributed by atoms with Crippen molar-refractivity contribution in [2.45, 2.75) is 25.0 Å². The van der Waals surface area contributed by atoms with Gasteiger partial charge in [-0.05, 0) is 42.5 Å². The summed E-state index contributed by atoms with van der Waals surface area (Å²) in [5.74, 6) is 0.132. The van der Waals surface area contributed by atoms with Crippen molar-refractivity contribution in [3.63, 3.8) is 0 Å². The molecule has 0 bridgehead atoms. The topological polar surface area (TPSA) is 43.8 Å². The molecule has 2 rings (SSSR count). The predicted octanol–water partition coefficient (Wildman–Crippen LogP) is 1.58. The molecule has 4 nitrogen and oxygen atoms in total. The Bertz CT molecular complexity index is 450. The van der Waals surface area contributed by atoms with Crippen LogP contribution in [0.3, 0.4) is 0 Å². The van der Waals surface area contributed by atoms with Gasteiger partial charge in [0.25, 0.3) is 0 Å². The number of amides is 1. The molecule has 1 aromatic heterocycles. The van der Waals surface area contributed by atoms with Crippen LogP contribution in [0.2, 0.25) is 0 Å². The van der Waals surface area contributed by atoms with Crippen LogP contribution in [0.25, 0.3) is 0 Å². The number of β-amino-alcohol motifs (C(OH)–C–C–N with tert-alkyl or cyclic N) is 1. The molecule has 0 saturated carbocycles. The molecular formula is C13H19BrN2O2S. The fourth-order valence-corrected chi connectivity index (χ4v) is 3.81. The van der Waals surface area contributed by atoms with Gasteiger partial charge >= 0.3 is 0 Å². The Hall–Kier alpha value is -0.430. The lowest BCUT2D eigenvalue weighted by Crippen LogP contribution is -2.38. The first-order chi connectivity index (χ1) is 8.97. The number of rotatable bonds is 4. The second-order valence-electron chi connectivity index (χ2n) is 5.13. The van der Waals surface area contributed by atoms with Crippen LogP contribution in [0, 0.1) is 0 Å². The highest BCUT2D eigenvalue weighted by Crippen LogP contribution is 2.22. The summed E-state index contributed by atoms with van der Waals surface area (Å²) in [4.78, 5) is 17.1.